The van der Waals surface area contributed by atoms with Gasteiger partial charge in [0, 0.05) is 12.1 Å². The molecule has 4 unspecified atom stereocenters. The van der Waals surface area contributed by atoms with E-state index in [0.29, 0.717) is 17.6 Å². The summed E-state index contributed by atoms with van der Waals surface area (Å²) < 4.78 is 33.0. The first-order valence-electron chi connectivity index (χ1n) is 7.47. The van der Waals surface area contributed by atoms with Gasteiger partial charge in [0.05, 0.1) is 12.8 Å². The van der Waals surface area contributed by atoms with E-state index >= 15 is 0 Å². The number of nitrogen functional groups attached to an aromatic ring is 1. The number of ether oxygens (including phenoxy) is 1. The molecule has 0 aromatic heterocycles. The molecule has 4 atom stereocenters. The van der Waals surface area contributed by atoms with Crippen molar-refractivity contribution in [3.63, 3.8) is 0 Å². The van der Waals surface area contributed by atoms with Crippen molar-refractivity contribution in [3.05, 3.63) is 18.2 Å². The molecule has 3 fully saturated rings. The summed E-state index contributed by atoms with van der Waals surface area (Å²) >= 11 is 0. The van der Waals surface area contributed by atoms with Crippen molar-refractivity contribution in [2.24, 2.45) is 23.7 Å². The van der Waals surface area contributed by atoms with Crippen LogP contribution >= 0.6 is 0 Å². The van der Waals surface area contributed by atoms with Gasteiger partial charge in [-0.2, -0.15) is 0 Å². The molecule has 1 aromatic rings. The Morgan fingerprint density at radius 1 is 1.24 bits per heavy atom. The van der Waals surface area contributed by atoms with Crippen molar-refractivity contribution in [2.75, 3.05) is 12.8 Å². The molecule has 3 aliphatic rings. The molecular weight excluding hydrogens is 288 g/mol. The third-order valence-electron chi connectivity index (χ3n) is 5.53. The number of sulfonamides is 1. The van der Waals surface area contributed by atoms with Gasteiger partial charge >= 0.3 is 0 Å². The molecule has 2 bridgehead atoms. The number of rotatable bonds is 4. The van der Waals surface area contributed by atoms with Crippen LogP contribution in [0.5, 0.6) is 5.75 Å². The van der Waals surface area contributed by atoms with E-state index in [1.165, 1.54) is 32.4 Å². The van der Waals surface area contributed by atoms with Crippen LogP contribution in [0.3, 0.4) is 0 Å². The van der Waals surface area contributed by atoms with Crippen molar-refractivity contribution < 1.29 is 13.2 Å². The molecular formula is C15H20N2O3S. The molecule has 0 radical (unpaired) electrons. The normalized spacial score (nSPS) is 36.5. The summed E-state index contributed by atoms with van der Waals surface area (Å²) in [5, 5.41) is 0. The highest BCUT2D eigenvalue weighted by Crippen LogP contribution is 2.65. The lowest BCUT2D eigenvalue weighted by molar-refractivity contribution is 0.414. The minimum atomic E-state index is -3.54. The van der Waals surface area contributed by atoms with Gasteiger partial charge in [-0.25, -0.2) is 13.1 Å². The highest BCUT2D eigenvalue weighted by Gasteiger charge is 2.65. The number of nitrogens with two attached hydrogens (primary N) is 1. The van der Waals surface area contributed by atoms with E-state index in [1.54, 1.807) is 12.1 Å². The lowest BCUT2D eigenvalue weighted by Gasteiger charge is -2.13. The Morgan fingerprint density at radius 3 is 2.48 bits per heavy atom. The van der Waals surface area contributed by atoms with Crippen LogP contribution in [0, 0.1) is 23.7 Å². The zero-order valence-corrected chi connectivity index (χ0v) is 12.8. The van der Waals surface area contributed by atoms with Crippen molar-refractivity contribution in [1.82, 2.24) is 4.72 Å². The van der Waals surface area contributed by atoms with Gasteiger partial charge in [0.1, 0.15) is 10.6 Å². The third-order valence-corrected chi connectivity index (χ3v) is 7.07. The zero-order chi connectivity index (χ0) is 14.8. The number of methoxy groups -OCH3 is 1. The Balaban J connectivity index is 1.55. The summed E-state index contributed by atoms with van der Waals surface area (Å²) in [5.41, 5.74) is 6.09. The van der Waals surface area contributed by atoms with E-state index in [9.17, 15) is 8.42 Å². The number of nitrogens with one attached hydrogen (secondary N) is 1. The summed E-state index contributed by atoms with van der Waals surface area (Å²) in [7, 11) is -2.01. The van der Waals surface area contributed by atoms with Gasteiger partial charge in [0.2, 0.25) is 10.0 Å². The second kappa shape index (κ2) is 4.36. The lowest BCUT2D eigenvalue weighted by atomic mass is 10.0. The molecule has 21 heavy (non-hydrogen) atoms. The Kier molecular flexibility index (Phi) is 2.78. The van der Waals surface area contributed by atoms with Crippen molar-refractivity contribution in [2.45, 2.75) is 30.2 Å². The topological polar surface area (TPSA) is 81.4 Å². The molecule has 0 aliphatic heterocycles. The SMILES string of the molecule is COc1ccc(S(=O)(=O)NC2C3C4CCC(C4)C23)c(N)c1. The van der Waals surface area contributed by atoms with Gasteiger partial charge in [0.15, 0.2) is 0 Å². The second-order valence-electron chi connectivity index (χ2n) is 6.54. The van der Waals surface area contributed by atoms with E-state index in [0.717, 1.165) is 11.8 Å². The summed E-state index contributed by atoms with van der Waals surface area (Å²) in [6.45, 7) is 0. The molecule has 4 rings (SSSR count). The van der Waals surface area contributed by atoms with Crippen LogP contribution < -0.4 is 15.2 Å². The molecule has 5 nitrogen and oxygen atoms in total. The predicted octanol–water partition coefficient (Wildman–Crippen LogP) is 1.60. The molecule has 3 saturated carbocycles. The smallest absolute Gasteiger partial charge is 0.242 e. The molecule has 3 N–H and O–H groups in total. The van der Waals surface area contributed by atoms with Crippen LogP contribution in [0.15, 0.2) is 23.1 Å². The van der Waals surface area contributed by atoms with Crippen molar-refractivity contribution in [3.8, 4) is 5.75 Å². The molecule has 0 heterocycles. The maximum absolute atomic E-state index is 12.5. The monoisotopic (exact) mass is 308 g/mol. The Morgan fingerprint density at radius 2 is 1.90 bits per heavy atom. The first kappa shape index (κ1) is 13.4. The van der Waals surface area contributed by atoms with Crippen LogP contribution in [0.1, 0.15) is 19.3 Å². The third kappa shape index (κ3) is 1.96. The largest absolute Gasteiger partial charge is 0.497 e. The minimum Gasteiger partial charge on any atom is -0.497 e. The lowest BCUT2D eigenvalue weighted by Crippen LogP contribution is -2.30. The van der Waals surface area contributed by atoms with E-state index in [-0.39, 0.29) is 16.6 Å². The average Bonchev–Trinajstić information content (AvgIpc) is 2.85. The standard InChI is InChI=1S/C15H20N2O3S/c1-20-10-4-5-12(11(16)7-10)21(18,19)17-15-13-8-2-3-9(6-8)14(13)15/h4-5,7-9,13-15,17H,2-3,6,16H2,1H3. The molecule has 0 saturated heterocycles. The van der Waals surface area contributed by atoms with Crippen LogP contribution in [0.2, 0.25) is 0 Å². The van der Waals surface area contributed by atoms with Gasteiger partial charge in [-0.3, -0.25) is 0 Å². The molecule has 6 heteroatoms. The fourth-order valence-corrected chi connectivity index (χ4v) is 6.04. The van der Waals surface area contributed by atoms with E-state index < -0.39 is 10.0 Å². The van der Waals surface area contributed by atoms with Crippen LogP contribution in [0.25, 0.3) is 0 Å². The predicted molar refractivity (Wildman–Crippen MR) is 79.3 cm³/mol. The molecule has 1 aromatic carbocycles. The second-order valence-corrected chi connectivity index (χ2v) is 8.22. The van der Waals surface area contributed by atoms with Crippen molar-refractivity contribution >= 4 is 15.7 Å². The molecule has 0 spiro atoms. The summed E-state index contributed by atoms with van der Waals surface area (Å²) in [6, 6.07) is 4.82. The van der Waals surface area contributed by atoms with Gasteiger partial charge in [0.25, 0.3) is 0 Å². The molecule has 114 valence electrons. The Labute approximate surface area is 124 Å². The number of hydrogen-bond acceptors (Lipinski definition) is 4. The maximum atomic E-state index is 12.5. The van der Waals surface area contributed by atoms with E-state index in [2.05, 4.69) is 4.72 Å². The van der Waals surface area contributed by atoms with E-state index in [4.69, 9.17) is 10.5 Å². The number of hydrogen-bond donors (Lipinski definition) is 2. The zero-order valence-electron chi connectivity index (χ0n) is 12.0. The van der Waals surface area contributed by atoms with Crippen LogP contribution in [0.4, 0.5) is 5.69 Å². The van der Waals surface area contributed by atoms with Crippen LogP contribution in [-0.2, 0) is 10.0 Å². The molecule has 3 aliphatic carbocycles. The quantitative estimate of drug-likeness (QED) is 0.828. The Hall–Kier alpha value is -1.27. The first-order chi connectivity index (χ1) is 10.0. The average molecular weight is 308 g/mol. The fourth-order valence-electron chi connectivity index (χ4n) is 4.62. The number of benzene rings is 1. The van der Waals surface area contributed by atoms with Gasteiger partial charge in [-0.1, -0.05) is 0 Å². The van der Waals surface area contributed by atoms with E-state index in [1.807, 2.05) is 0 Å². The first-order valence-corrected chi connectivity index (χ1v) is 8.95. The fraction of sp³-hybridized carbons (Fsp3) is 0.600. The summed E-state index contributed by atoms with van der Waals surface area (Å²) in [5.74, 6) is 3.17. The van der Waals surface area contributed by atoms with Crippen LogP contribution in [-0.4, -0.2) is 21.6 Å². The number of anilines is 1. The highest BCUT2D eigenvalue weighted by atomic mass is 32.2. The minimum absolute atomic E-state index is 0.128. The summed E-state index contributed by atoms with van der Waals surface area (Å²) in [6.07, 6.45) is 3.85. The number of fused-ring (bicyclic) bond motifs is 5. The van der Waals surface area contributed by atoms with Gasteiger partial charge in [-0.15, -0.1) is 0 Å². The van der Waals surface area contributed by atoms with Gasteiger partial charge < -0.3 is 10.5 Å². The van der Waals surface area contributed by atoms with Crippen molar-refractivity contribution in [1.29, 1.82) is 0 Å². The highest BCUT2D eigenvalue weighted by molar-refractivity contribution is 7.89. The van der Waals surface area contributed by atoms with Gasteiger partial charge in [-0.05, 0) is 55.1 Å². The molecule has 0 amide bonds. The Bertz CT molecular complexity index is 672. The summed E-state index contributed by atoms with van der Waals surface area (Å²) in [4.78, 5) is 0.153. The maximum Gasteiger partial charge on any atom is 0.242 e.